The third-order valence-electron chi connectivity index (χ3n) is 7.16. The molecule has 0 bridgehead atoms. The average molecular weight is 551 g/mol. The van der Waals surface area contributed by atoms with Crippen LogP contribution < -0.4 is 5.32 Å². The Hall–Kier alpha value is -3.81. The van der Waals surface area contributed by atoms with Crippen molar-refractivity contribution in [1.82, 2.24) is 30.1 Å². The highest BCUT2D eigenvalue weighted by Gasteiger charge is 2.39. The Morgan fingerprint density at radius 3 is 2.49 bits per heavy atom. The number of carboxylic acid groups (broad SMARTS) is 1. The molecule has 39 heavy (non-hydrogen) atoms. The molecule has 210 valence electrons. The second-order valence-corrected chi connectivity index (χ2v) is 9.91. The SMILES string of the molecule is CN(Cc1cn(-c2ccc3c(c2)CN(C2CCC(=O)NC2=O)C3=O)nn1)C1CCCCC1.O=C(O)C(F)(F)F. The van der Waals surface area contributed by atoms with Crippen LogP contribution in [0.4, 0.5) is 13.2 Å². The van der Waals surface area contributed by atoms with Crippen LogP contribution in [-0.4, -0.2) is 78.9 Å². The van der Waals surface area contributed by atoms with E-state index in [9.17, 15) is 27.6 Å². The second-order valence-electron chi connectivity index (χ2n) is 9.91. The van der Waals surface area contributed by atoms with Crippen LogP contribution in [0.5, 0.6) is 0 Å². The van der Waals surface area contributed by atoms with Gasteiger partial charge >= 0.3 is 12.1 Å². The first kappa shape index (κ1) is 28.2. The van der Waals surface area contributed by atoms with Gasteiger partial charge in [-0.3, -0.25) is 24.6 Å². The summed E-state index contributed by atoms with van der Waals surface area (Å²) in [5.74, 6) is -3.61. The van der Waals surface area contributed by atoms with E-state index in [-0.39, 0.29) is 18.2 Å². The van der Waals surface area contributed by atoms with Crippen LogP contribution in [0.25, 0.3) is 5.69 Å². The highest BCUT2D eigenvalue weighted by molar-refractivity contribution is 6.05. The van der Waals surface area contributed by atoms with Gasteiger partial charge in [-0.1, -0.05) is 24.5 Å². The summed E-state index contributed by atoms with van der Waals surface area (Å²) in [5, 5.41) is 18.1. The molecule has 3 heterocycles. The summed E-state index contributed by atoms with van der Waals surface area (Å²) in [6, 6.07) is 5.58. The Morgan fingerprint density at radius 2 is 1.85 bits per heavy atom. The number of halogens is 3. The molecule has 2 fully saturated rings. The van der Waals surface area contributed by atoms with Gasteiger partial charge in [-0.15, -0.1) is 5.10 Å². The summed E-state index contributed by atoms with van der Waals surface area (Å²) in [4.78, 5) is 49.4. The Morgan fingerprint density at radius 1 is 1.15 bits per heavy atom. The van der Waals surface area contributed by atoms with E-state index in [1.165, 1.54) is 32.1 Å². The second kappa shape index (κ2) is 11.5. The van der Waals surface area contributed by atoms with Gasteiger partial charge in [-0.05, 0) is 50.1 Å². The van der Waals surface area contributed by atoms with Gasteiger partial charge in [-0.2, -0.15) is 13.2 Å². The van der Waals surface area contributed by atoms with E-state index >= 15 is 0 Å². The molecule has 1 aliphatic carbocycles. The number of alkyl halides is 3. The predicted octanol–water partition coefficient (Wildman–Crippen LogP) is 2.43. The van der Waals surface area contributed by atoms with E-state index in [1.54, 1.807) is 15.6 Å². The van der Waals surface area contributed by atoms with Gasteiger partial charge in [0.2, 0.25) is 11.8 Å². The summed E-state index contributed by atoms with van der Waals surface area (Å²) in [6.45, 7) is 1.11. The van der Waals surface area contributed by atoms with Crippen LogP contribution in [0.3, 0.4) is 0 Å². The first-order valence-corrected chi connectivity index (χ1v) is 12.6. The van der Waals surface area contributed by atoms with E-state index in [0.717, 1.165) is 23.5 Å². The van der Waals surface area contributed by atoms with Crippen molar-refractivity contribution in [2.24, 2.45) is 0 Å². The molecule has 11 nitrogen and oxygen atoms in total. The van der Waals surface area contributed by atoms with Crippen LogP contribution in [0.1, 0.15) is 66.6 Å². The lowest BCUT2D eigenvalue weighted by atomic mass is 9.94. The van der Waals surface area contributed by atoms with Crippen LogP contribution >= 0.6 is 0 Å². The monoisotopic (exact) mass is 550 g/mol. The fourth-order valence-corrected chi connectivity index (χ4v) is 5.11. The lowest BCUT2D eigenvalue weighted by Gasteiger charge is -2.30. The smallest absolute Gasteiger partial charge is 0.475 e. The van der Waals surface area contributed by atoms with Crippen molar-refractivity contribution in [2.75, 3.05) is 7.05 Å². The van der Waals surface area contributed by atoms with Gasteiger partial charge in [0.15, 0.2) is 0 Å². The number of carboxylic acids is 1. The summed E-state index contributed by atoms with van der Waals surface area (Å²) in [6.07, 6.45) is 3.88. The standard InChI is InChI=1S/C23H28N6O3.C2HF3O2/c1-27(17-5-3-2-4-6-17)13-16-14-29(26-25-16)18-7-8-19-15(11-18)12-28(23(19)32)20-9-10-21(30)24-22(20)31;3-2(4,5)1(6)7/h7-8,11,14,17,20H,2-6,9-10,12-13H2,1H3,(H,24,30,31);(H,6,7). The van der Waals surface area contributed by atoms with Gasteiger partial charge in [0.25, 0.3) is 5.91 Å². The highest BCUT2D eigenvalue weighted by atomic mass is 19.4. The zero-order valence-electron chi connectivity index (χ0n) is 21.3. The molecule has 1 aromatic carbocycles. The maximum absolute atomic E-state index is 12.9. The minimum absolute atomic E-state index is 0.172. The number of nitrogens with one attached hydrogen (secondary N) is 1. The number of rotatable bonds is 5. The molecule has 1 atom stereocenters. The average Bonchev–Trinajstić information content (AvgIpc) is 3.48. The van der Waals surface area contributed by atoms with E-state index in [4.69, 9.17) is 9.90 Å². The summed E-state index contributed by atoms with van der Waals surface area (Å²) in [5.41, 5.74) is 3.20. The van der Waals surface area contributed by atoms with Crippen molar-refractivity contribution in [3.8, 4) is 5.69 Å². The number of piperidine rings is 1. The zero-order valence-corrected chi connectivity index (χ0v) is 21.3. The maximum Gasteiger partial charge on any atom is 0.490 e. The molecular formula is C25H29F3N6O5. The van der Waals surface area contributed by atoms with Crippen molar-refractivity contribution in [2.45, 2.75) is 76.3 Å². The number of imide groups is 1. The first-order valence-electron chi connectivity index (χ1n) is 12.6. The molecule has 1 unspecified atom stereocenters. The molecule has 1 saturated heterocycles. The number of amides is 3. The number of aliphatic carboxylic acids is 1. The van der Waals surface area contributed by atoms with Gasteiger partial charge in [-0.25, -0.2) is 9.48 Å². The quantitative estimate of drug-likeness (QED) is 0.542. The minimum atomic E-state index is -5.08. The third-order valence-corrected chi connectivity index (χ3v) is 7.16. The molecule has 1 aromatic heterocycles. The van der Waals surface area contributed by atoms with Crippen LogP contribution in [0.2, 0.25) is 0 Å². The molecule has 3 amide bonds. The van der Waals surface area contributed by atoms with Crippen molar-refractivity contribution in [1.29, 1.82) is 0 Å². The Kier molecular flexibility index (Phi) is 8.33. The van der Waals surface area contributed by atoms with Crippen molar-refractivity contribution < 1.29 is 37.5 Å². The normalized spacial score (nSPS) is 20.0. The lowest BCUT2D eigenvalue weighted by molar-refractivity contribution is -0.192. The highest BCUT2D eigenvalue weighted by Crippen LogP contribution is 2.29. The van der Waals surface area contributed by atoms with E-state index in [2.05, 4.69) is 27.6 Å². The minimum Gasteiger partial charge on any atom is -0.475 e. The molecule has 2 aromatic rings. The van der Waals surface area contributed by atoms with Gasteiger partial charge < -0.3 is 10.0 Å². The topological polar surface area (TPSA) is 138 Å². The van der Waals surface area contributed by atoms with Gasteiger partial charge in [0.05, 0.1) is 17.6 Å². The van der Waals surface area contributed by atoms with Crippen molar-refractivity contribution >= 4 is 23.7 Å². The van der Waals surface area contributed by atoms with Crippen LogP contribution in [0, 0.1) is 0 Å². The molecule has 0 spiro atoms. The number of fused-ring (bicyclic) bond motifs is 1. The van der Waals surface area contributed by atoms with Crippen LogP contribution in [0.15, 0.2) is 24.4 Å². The Balaban J connectivity index is 0.000000448. The molecule has 3 aliphatic rings. The Bertz CT molecular complexity index is 1260. The fraction of sp³-hybridized carbons (Fsp3) is 0.520. The maximum atomic E-state index is 12.9. The molecule has 14 heteroatoms. The number of hydrogen-bond donors (Lipinski definition) is 2. The molecular weight excluding hydrogens is 521 g/mol. The fourth-order valence-electron chi connectivity index (χ4n) is 5.11. The summed E-state index contributed by atoms with van der Waals surface area (Å²) in [7, 11) is 2.15. The summed E-state index contributed by atoms with van der Waals surface area (Å²) < 4.78 is 33.5. The molecule has 5 rings (SSSR count). The first-order chi connectivity index (χ1) is 18.4. The summed E-state index contributed by atoms with van der Waals surface area (Å²) >= 11 is 0. The largest absolute Gasteiger partial charge is 0.490 e. The lowest BCUT2D eigenvalue weighted by Crippen LogP contribution is -2.52. The van der Waals surface area contributed by atoms with Gasteiger partial charge in [0.1, 0.15) is 6.04 Å². The number of benzene rings is 1. The van der Waals surface area contributed by atoms with Crippen molar-refractivity contribution in [3.05, 3.63) is 41.2 Å². The van der Waals surface area contributed by atoms with E-state index in [1.807, 2.05) is 18.3 Å². The molecule has 2 aliphatic heterocycles. The molecule has 0 radical (unpaired) electrons. The Labute approximate surface area is 221 Å². The van der Waals surface area contributed by atoms with E-state index < -0.39 is 24.1 Å². The number of carbonyl (C=O) groups is 4. The van der Waals surface area contributed by atoms with Crippen molar-refractivity contribution in [3.63, 3.8) is 0 Å². The molecule has 2 N–H and O–H groups in total. The predicted molar refractivity (Wildman–Crippen MR) is 129 cm³/mol. The molecule has 1 saturated carbocycles. The zero-order chi connectivity index (χ0) is 28.3. The van der Waals surface area contributed by atoms with Crippen LogP contribution in [-0.2, 0) is 27.5 Å². The van der Waals surface area contributed by atoms with Gasteiger partial charge in [0, 0.05) is 31.1 Å². The van der Waals surface area contributed by atoms with E-state index in [0.29, 0.717) is 24.6 Å². The number of hydrogen-bond acceptors (Lipinski definition) is 7. The number of aromatic nitrogens is 3. The number of nitrogens with zero attached hydrogens (tertiary/aromatic N) is 5. The number of carbonyl (C=O) groups excluding carboxylic acids is 3. The third kappa shape index (κ3) is 6.61.